The lowest BCUT2D eigenvalue weighted by molar-refractivity contribution is 0.405. The first kappa shape index (κ1) is 10.9. The van der Waals surface area contributed by atoms with Gasteiger partial charge in [-0.2, -0.15) is 0 Å². The van der Waals surface area contributed by atoms with Crippen LogP contribution in [0.1, 0.15) is 25.5 Å². The molecule has 0 spiro atoms. The first-order chi connectivity index (χ1) is 6.56. The van der Waals surface area contributed by atoms with E-state index in [9.17, 15) is 5.11 Å². The summed E-state index contributed by atoms with van der Waals surface area (Å²) in [4.78, 5) is 0. The molecule has 0 aliphatic carbocycles. The number of phenolic OH excluding ortho intramolecular Hbond substituents is 1. The first-order valence-electron chi connectivity index (χ1n) is 4.68. The molecule has 78 valence electrons. The maximum absolute atomic E-state index is 9.61. The van der Waals surface area contributed by atoms with E-state index >= 15 is 0 Å². The molecule has 1 aromatic rings. The Kier molecular flexibility index (Phi) is 3.36. The van der Waals surface area contributed by atoms with Gasteiger partial charge in [0.15, 0.2) is 0 Å². The van der Waals surface area contributed by atoms with E-state index in [-0.39, 0.29) is 17.7 Å². The van der Waals surface area contributed by atoms with E-state index in [2.05, 4.69) is 0 Å². The Labute approximate surface area is 84.5 Å². The van der Waals surface area contributed by atoms with Crippen LogP contribution in [-0.4, -0.2) is 12.2 Å². The monoisotopic (exact) mass is 195 g/mol. The van der Waals surface area contributed by atoms with E-state index in [1.807, 2.05) is 13.8 Å². The minimum Gasteiger partial charge on any atom is -0.508 e. The van der Waals surface area contributed by atoms with Crippen LogP contribution in [0.15, 0.2) is 18.2 Å². The van der Waals surface area contributed by atoms with Gasteiger partial charge in [0.25, 0.3) is 0 Å². The second-order valence-corrected chi connectivity index (χ2v) is 3.69. The van der Waals surface area contributed by atoms with Crippen molar-refractivity contribution in [2.75, 3.05) is 7.11 Å². The molecule has 0 heterocycles. The zero-order chi connectivity index (χ0) is 10.7. The van der Waals surface area contributed by atoms with Crippen molar-refractivity contribution in [2.24, 2.45) is 11.7 Å². The highest BCUT2D eigenvalue weighted by atomic mass is 16.5. The number of hydrogen-bond donors (Lipinski definition) is 2. The van der Waals surface area contributed by atoms with Crippen molar-refractivity contribution in [1.82, 2.24) is 0 Å². The van der Waals surface area contributed by atoms with Crippen LogP contribution in [0.25, 0.3) is 0 Å². The molecule has 1 rings (SSSR count). The molecule has 3 nitrogen and oxygen atoms in total. The minimum atomic E-state index is -0.162. The smallest absolute Gasteiger partial charge is 0.120 e. The summed E-state index contributed by atoms with van der Waals surface area (Å²) < 4.78 is 5.07. The van der Waals surface area contributed by atoms with Crippen molar-refractivity contribution in [1.29, 1.82) is 0 Å². The summed E-state index contributed by atoms with van der Waals surface area (Å²) in [6.45, 7) is 4.03. The number of hydrogen-bond acceptors (Lipinski definition) is 3. The fraction of sp³-hybridized carbons (Fsp3) is 0.455. The second-order valence-electron chi connectivity index (χ2n) is 3.69. The van der Waals surface area contributed by atoms with Gasteiger partial charge in [0.2, 0.25) is 0 Å². The molecule has 0 aromatic heterocycles. The number of rotatable bonds is 3. The predicted molar refractivity (Wildman–Crippen MR) is 56.4 cm³/mol. The van der Waals surface area contributed by atoms with Gasteiger partial charge in [-0.05, 0) is 24.1 Å². The Bertz CT molecular complexity index is 310. The van der Waals surface area contributed by atoms with Gasteiger partial charge >= 0.3 is 0 Å². The fourth-order valence-corrected chi connectivity index (χ4v) is 1.29. The van der Waals surface area contributed by atoms with Crippen LogP contribution in [0.4, 0.5) is 0 Å². The highest BCUT2D eigenvalue weighted by Crippen LogP contribution is 2.30. The van der Waals surface area contributed by atoms with E-state index in [4.69, 9.17) is 10.5 Å². The summed E-state index contributed by atoms with van der Waals surface area (Å²) in [6.07, 6.45) is 0. The van der Waals surface area contributed by atoms with Gasteiger partial charge in [0.1, 0.15) is 11.5 Å². The second kappa shape index (κ2) is 4.33. The Morgan fingerprint density at radius 3 is 2.50 bits per heavy atom. The topological polar surface area (TPSA) is 55.5 Å². The number of methoxy groups -OCH3 is 1. The molecule has 3 N–H and O–H groups in total. The zero-order valence-corrected chi connectivity index (χ0v) is 8.82. The molecule has 3 heteroatoms. The first-order valence-corrected chi connectivity index (χ1v) is 4.68. The molecule has 0 fully saturated rings. The number of benzene rings is 1. The van der Waals surface area contributed by atoms with Gasteiger partial charge in [0.05, 0.1) is 7.11 Å². The van der Waals surface area contributed by atoms with Crippen molar-refractivity contribution >= 4 is 0 Å². The average molecular weight is 195 g/mol. The van der Waals surface area contributed by atoms with Crippen molar-refractivity contribution in [3.05, 3.63) is 23.8 Å². The van der Waals surface area contributed by atoms with Crippen LogP contribution in [-0.2, 0) is 0 Å². The van der Waals surface area contributed by atoms with Crippen LogP contribution >= 0.6 is 0 Å². The van der Waals surface area contributed by atoms with E-state index in [1.165, 1.54) is 0 Å². The van der Waals surface area contributed by atoms with Crippen molar-refractivity contribution < 1.29 is 9.84 Å². The lowest BCUT2D eigenvalue weighted by atomic mass is 9.96. The highest BCUT2D eigenvalue weighted by Gasteiger charge is 2.15. The quantitative estimate of drug-likeness (QED) is 0.776. The molecule has 0 amide bonds. The van der Waals surface area contributed by atoms with Crippen LogP contribution in [0, 0.1) is 5.92 Å². The summed E-state index contributed by atoms with van der Waals surface area (Å²) in [7, 11) is 1.59. The summed E-state index contributed by atoms with van der Waals surface area (Å²) in [6, 6.07) is 4.94. The molecule has 0 aliphatic rings. The van der Waals surface area contributed by atoms with E-state index in [0.29, 0.717) is 5.75 Å². The number of ether oxygens (including phenoxy) is 1. The Morgan fingerprint density at radius 1 is 1.36 bits per heavy atom. The SMILES string of the molecule is COc1ccc(O)c(C(N)C(C)C)c1. The Balaban J connectivity index is 3.05. The van der Waals surface area contributed by atoms with Gasteiger partial charge in [-0.3, -0.25) is 0 Å². The Morgan fingerprint density at radius 2 is 2.00 bits per heavy atom. The maximum Gasteiger partial charge on any atom is 0.120 e. The van der Waals surface area contributed by atoms with Crippen LogP contribution < -0.4 is 10.5 Å². The largest absolute Gasteiger partial charge is 0.508 e. The van der Waals surface area contributed by atoms with Crippen molar-refractivity contribution in [2.45, 2.75) is 19.9 Å². The molecule has 0 bridgehead atoms. The van der Waals surface area contributed by atoms with Crippen LogP contribution in [0.2, 0.25) is 0 Å². The van der Waals surface area contributed by atoms with E-state index < -0.39 is 0 Å². The predicted octanol–water partition coefficient (Wildman–Crippen LogP) is 2.06. The molecular formula is C11H17NO2. The molecule has 0 saturated heterocycles. The summed E-state index contributed by atoms with van der Waals surface area (Å²) in [5, 5.41) is 9.61. The van der Waals surface area contributed by atoms with E-state index in [0.717, 1.165) is 5.56 Å². The van der Waals surface area contributed by atoms with Gasteiger partial charge in [-0.1, -0.05) is 13.8 Å². The van der Waals surface area contributed by atoms with E-state index in [1.54, 1.807) is 25.3 Å². The molecule has 1 unspecified atom stereocenters. The van der Waals surface area contributed by atoms with Crippen LogP contribution in [0.5, 0.6) is 11.5 Å². The molecule has 0 aliphatic heterocycles. The molecule has 1 atom stereocenters. The van der Waals surface area contributed by atoms with Gasteiger partial charge in [-0.25, -0.2) is 0 Å². The van der Waals surface area contributed by atoms with Crippen molar-refractivity contribution in [3.63, 3.8) is 0 Å². The number of phenols is 1. The van der Waals surface area contributed by atoms with Gasteiger partial charge < -0.3 is 15.6 Å². The standard InChI is InChI=1S/C11H17NO2/c1-7(2)11(12)9-6-8(14-3)4-5-10(9)13/h4-7,11,13H,12H2,1-3H3. The summed E-state index contributed by atoms with van der Waals surface area (Å²) >= 11 is 0. The third-order valence-electron chi connectivity index (χ3n) is 2.31. The van der Waals surface area contributed by atoms with Crippen LogP contribution in [0.3, 0.4) is 0 Å². The third kappa shape index (κ3) is 2.17. The molecule has 0 radical (unpaired) electrons. The number of aromatic hydroxyl groups is 1. The molecule has 14 heavy (non-hydrogen) atoms. The molecular weight excluding hydrogens is 178 g/mol. The average Bonchev–Trinajstić information content (AvgIpc) is 2.17. The third-order valence-corrected chi connectivity index (χ3v) is 2.31. The minimum absolute atomic E-state index is 0.162. The summed E-state index contributed by atoms with van der Waals surface area (Å²) in [5.74, 6) is 1.23. The lowest BCUT2D eigenvalue weighted by Crippen LogP contribution is -2.16. The zero-order valence-electron chi connectivity index (χ0n) is 8.82. The normalized spacial score (nSPS) is 12.9. The number of nitrogens with two attached hydrogens (primary N) is 1. The lowest BCUT2D eigenvalue weighted by Gasteiger charge is -2.17. The van der Waals surface area contributed by atoms with Crippen molar-refractivity contribution in [3.8, 4) is 11.5 Å². The van der Waals surface area contributed by atoms with Gasteiger partial charge in [0, 0.05) is 11.6 Å². The summed E-state index contributed by atoms with van der Waals surface area (Å²) in [5.41, 5.74) is 6.68. The molecule has 1 aromatic carbocycles. The highest BCUT2D eigenvalue weighted by molar-refractivity contribution is 5.41. The molecule has 0 saturated carbocycles. The Hall–Kier alpha value is -1.22. The fourth-order valence-electron chi connectivity index (χ4n) is 1.29. The maximum atomic E-state index is 9.61. The van der Waals surface area contributed by atoms with Gasteiger partial charge in [-0.15, -0.1) is 0 Å².